The number of amides is 1. The van der Waals surface area contributed by atoms with Crippen molar-refractivity contribution in [1.29, 1.82) is 0 Å². The summed E-state index contributed by atoms with van der Waals surface area (Å²) in [6, 6.07) is 2.84. The van der Waals surface area contributed by atoms with Crippen molar-refractivity contribution < 1.29 is 24.1 Å². The van der Waals surface area contributed by atoms with E-state index >= 15 is 0 Å². The Labute approximate surface area is 124 Å². The third-order valence-electron chi connectivity index (χ3n) is 3.00. The van der Waals surface area contributed by atoms with Gasteiger partial charge in [0, 0.05) is 19.8 Å². The van der Waals surface area contributed by atoms with Gasteiger partial charge in [0.25, 0.3) is 5.91 Å². The fourth-order valence-electron chi connectivity index (χ4n) is 1.89. The minimum atomic E-state index is -0.375. The van der Waals surface area contributed by atoms with Crippen LogP contribution >= 0.6 is 0 Å². The van der Waals surface area contributed by atoms with E-state index in [1.165, 1.54) is 27.4 Å². The third-order valence-corrected chi connectivity index (χ3v) is 3.00. The molecule has 0 heterocycles. The fourth-order valence-corrected chi connectivity index (χ4v) is 1.89. The number of carbonyl (C=O) groups is 1. The number of nitrogen functional groups attached to an aromatic ring is 1. The molecule has 1 rings (SSSR count). The minimum Gasteiger partial charge on any atom is -0.497 e. The lowest BCUT2D eigenvalue weighted by Gasteiger charge is -2.18. The maximum atomic E-state index is 12.3. The second kappa shape index (κ2) is 8.33. The summed E-state index contributed by atoms with van der Waals surface area (Å²) >= 11 is 0. The topological polar surface area (TPSA) is 103 Å². The lowest BCUT2D eigenvalue weighted by Crippen LogP contribution is -2.39. The quantitative estimate of drug-likeness (QED) is 0.601. The van der Waals surface area contributed by atoms with E-state index < -0.39 is 0 Å². The van der Waals surface area contributed by atoms with Crippen molar-refractivity contribution in [3.05, 3.63) is 17.7 Å². The van der Waals surface area contributed by atoms with Crippen molar-refractivity contribution >= 4 is 11.6 Å². The first-order valence-electron chi connectivity index (χ1n) is 6.49. The SMILES string of the molecule is COCC(CCO)NC(=O)c1cc(OC)cc(OC)c1N. The van der Waals surface area contributed by atoms with Crippen molar-refractivity contribution in [2.45, 2.75) is 12.5 Å². The second-order valence-corrected chi connectivity index (χ2v) is 4.43. The summed E-state index contributed by atoms with van der Waals surface area (Å²) in [5, 5.41) is 11.8. The Morgan fingerprint density at radius 3 is 2.57 bits per heavy atom. The molecule has 1 amide bonds. The molecule has 0 saturated carbocycles. The van der Waals surface area contributed by atoms with Gasteiger partial charge >= 0.3 is 0 Å². The Morgan fingerprint density at radius 1 is 1.33 bits per heavy atom. The molecule has 1 aromatic carbocycles. The molecule has 1 unspecified atom stereocenters. The number of aliphatic hydroxyl groups excluding tert-OH is 1. The summed E-state index contributed by atoms with van der Waals surface area (Å²) < 4.78 is 15.3. The van der Waals surface area contributed by atoms with E-state index in [4.69, 9.17) is 25.1 Å². The number of anilines is 1. The summed E-state index contributed by atoms with van der Waals surface area (Å²) in [7, 11) is 4.48. The molecule has 1 aromatic rings. The Balaban J connectivity index is 2.99. The molecule has 0 aliphatic carbocycles. The predicted molar refractivity (Wildman–Crippen MR) is 78.8 cm³/mol. The summed E-state index contributed by atoms with van der Waals surface area (Å²) in [4.78, 5) is 12.3. The molecule has 118 valence electrons. The zero-order chi connectivity index (χ0) is 15.8. The van der Waals surface area contributed by atoms with E-state index in [1.807, 2.05) is 0 Å². The van der Waals surface area contributed by atoms with Crippen LogP contribution in [0.1, 0.15) is 16.8 Å². The maximum Gasteiger partial charge on any atom is 0.253 e. The van der Waals surface area contributed by atoms with Crippen molar-refractivity contribution in [1.82, 2.24) is 5.32 Å². The molecule has 0 bridgehead atoms. The standard InChI is InChI=1S/C14H22N2O5/c1-19-8-9(4-5-17)16-14(18)11-6-10(20-2)7-12(21-3)13(11)15/h6-7,9,17H,4-5,8,15H2,1-3H3,(H,16,18). The monoisotopic (exact) mass is 298 g/mol. The smallest absolute Gasteiger partial charge is 0.253 e. The molecule has 0 fully saturated rings. The van der Waals surface area contributed by atoms with E-state index in [-0.39, 0.29) is 29.8 Å². The van der Waals surface area contributed by atoms with Crippen LogP contribution in [0.25, 0.3) is 0 Å². The number of nitrogens with one attached hydrogen (secondary N) is 1. The molecule has 7 heteroatoms. The minimum absolute atomic E-state index is 0.0504. The first-order valence-corrected chi connectivity index (χ1v) is 6.49. The number of ether oxygens (including phenoxy) is 3. The highest BCUT2D eigenvalue weighted by Gasteiger charge is 2.19. The van der Waals surface area contributed by atoms with Gasteiger partial charge in [-0.15, -0.1) is 0 Å². The lowest BCUT2D eigenvalue weighted by molar-refractivity contribution is 0.0879. The third kappa shape index (κ3) is 4.51. The Hall–Kier alpha value is -1.99. The van der Waals surface area contributed by atoms with Crippen molar-refractivity contribution in [3.8, 4) is 11.5 Å². The number of aliphatic hydroxyl groups is 1. The van der Waals surface area contributed by atoms with Crippen LogP contribution in [0, 0.1) is 0 Å². The molecular formula is C14H22N2O5. The van der Waals surface area contributed by atoms with Gasteiger partial charge in [0.1, 0.15) is 11.5 Å². The number of hydrogen-bond acceptors (Lipinski definition) is 6. The van der Waals surface area contributed by atoms with Crippen LogP contribution in [0.3, 0.4) is 0 Å². The van der Waals surface area contributed by atoms with Crippen molar-refractivity contribution in [3.63, 3.8) is 0 Å². The van der Waals surface area contributed by atoms with Crippen LogP contribution in [-0.4, -0.2) is 51.6 Å². The van der Waals surface area contributed by atoms with Gasteiger partial charge in [0.15, 0.2) is 0 Å². The maximum absolute atomic E-state index is 12.3. The predicted octanol–water partition coefficient (Wildman–Crippen LogP) is 0.413. The van der Waals surface area contributed by atoms with Crippen LogP contribution in [0.2, 0.25) is 0 Å². The second-order valence-electron chi connectivity index (χ2n) is 4.43. The summed E-state index contributed by atoms with van der Waals surface area (Å²) in [5.74, 6) is 0.460. The van der Waals surface area contributed by atoms with Crippen molar-refractivity contribution in [2.75, 3.05) is 40.3 Å². The molecule has 1 atom stereocenters. The zero-order valence-electron chi connectivity index (χ0n) is 12.5. The Bertz CT molecular complexity index is 473. The molecule has 0 saturated heterocycles. The van der Waals surface area contributed by atoms with Crippen LogP contribution in [0.4, 0.5) is 5.69 Å². The van der Waals surface area contributed by atoms with Gasteiger partial charge in [-0.2, -0.15) is 0 Å². The average Bonchev–Trinajstić information content (AvgIpc) is 2.47. The average molecular weight is 298 g/mol. The molecular weight excluding hydrogens is 276 g/mol. The highest BCUT2D eigenvalue weighted by Crippen LogP contribution is 2.31. The molecule has 7 nitrogen and oxygen atoms in total. The van der Waals surface area contributed by atoms with Gasteiger partial charge in [-0.25, -0.2) is 0 Å². The number of hydrogen-bond donors (Lipinski definition) is 3. The van der Waals surface area contributed by atoms with Gasteiger partial charge in [-0.3, -0.25) is 4.79 Å². The Morgan fingerprint density at radius 2 is 2.05 bits per heavy atom. The first-order chi connectivity index (χ1) is 10.1. The highest BCUT2D eigenvalue weighted by molar-refractivity contribution is 6.01. The van der Waals surface area contributed by atoms with Gasteiger partial charge < -0.3 is 30.4 Å². The van der Waals surface area contributed by atoms with E-state index in [0.29, 0.717) is 24.5 Å². The van der Waals surface area contributed by atoms with E-state index in [2.05, 4.69) is 5.32 Å². The number of methoxy groups -OCH3 is 3. The molecule has 0 aliphatic heterocycles. The summed E-state index contributed by atoms with van der Waals surface area (Å²) in [6.45, 7) is 0.249. The van der Waals surface area contributed by atoms with Crippen LogP contribution in [0.15, 0.2) is 12.1 Å². The largest absolute Gasteiger partial charge is 0.497 e. The molecule has 0 aliphatic rings. The molecule has 0 spiro atoms. The van der Waals surface area contributed by atoms with Crippen molar-refractivity contribution in [2.24, 2.45) is 0 Å². The molecule has 0 aromatic heterocycles. The summed E-state index contributed by atoms with van der Waals surface area (Å²) in [5.41, 5.74) is 6.41. The first kappa shape index (κ1) is 17.1. The van der Waals surface area contributed by atoms with Gasteiger partial charge in [0.2, 0.25) is 0 Å². The van der Waals surface area contributed by atoms with Gasteiger partial charge in [-0.1, -0.05) is 0 Å². The van der Waals surface area contributed by atoms with Gasteiger partial charge in [-0.05, 0) is 12.5 Å². The van der Waals surface area contributed by atoms with Crippen LogP contribution < -0.4 is 20.5 Å². The molecule has 21 heavy (non-hydrogen) atoms. The highest BCUT2D eigenvalue weighted by atomic mass is 16.5. The zero-order valence-corrected chi connectivity index (χ0v) is 12.5. The van der Waals surface area contributed by atoms with E-state index in [0.717, 1.165) is 0 Å². The number of rotatable bonds is 8. The molecule has 4 N–H and O–H groups in total. The fraction of sp³-hybridized carbons (Fsp3) is 0.500. The Kier molecular flexibility index (Phi) is 6.77. The van der Waals surface area contributed by atoms with Crippen LogP contribution in [0.5, 0.6) is 11.5 Å². The van der Waals surface area contributed by atoms with E-state index in [1.54, 1.807) is 6.07 Å². The molecule has 0 radical (unpaired) electrons. The summed E-state index contributed by atoms with van der Waals surface area (Å²) in [6.07, 6.45) is 0.389. The number of benzene rings is 1. The van der Waals surface area contributed by atoms with E-state index in [9.17, 15) is 4.79 Å². The van der Waals surface area contributed by atoms with Crippen LogP contribution in [-0.2, 0) is 4.74 Å². The normalized spacial score (nSPS) is 11.8. The number of nitrogens with two attached hydrogens (primary N) is 1. The lowest BCUT2D eigenvalue weighted by atomic mass is 10.1. The van der Waals surface area contributed by atoms with Gasteiger partial charge in [0.05, 0.1) is 38.1 Å². The number of carbonyl (C=O) groups excluding carboxylic acids is 1.